The highest BCUT2D eigenvalue weighted by Gasteiger charge is 2.31. The Kier molecular flexibility index (Phi) is 8.66. The molecule has 1 aromatic heterocycles. The van der Waals surface area contributed by atoms with Crippen LogP contribution in [0.4, 0.5) is 5.69 Å². The van der Waals surface area contributed by atoms with E-state index in [2.05, 4.69) is 59.5 Å². The van der Waals surface area contributed by atoms with Crippen molar-refractivity contribution < 1.29 is 9.53 Å². The van der Waals surface area contributed by atoms with Gasteiger partial charge in [-0.15, -0.1) is 0 Å². The van der Waals surface area contributed by atoms with Crippen molar-refractivity contribution in [1.29, 1.82) is 5.26 Å². The zero-order chi connectivity index (χ0) is 27.2. The Labute approximate surface area is 232 Å². The number of rotatable bonds is 8. The fraction of sp³-hybridized carbons (Fsp3) is 0.485. The van der Waals surface area contributed by atoms with Crippen LogP contribution in [-0.2, 0) is 11.3 Å². The molecule has 204 valence electrons. The normalized spacial score (nSPS) is 19.8. The number of hydrogen-bond acceptors (Lipinski definition) is 4. The van der Waals surface area contributed by atoms with Gasteiger partial charge in [-0.3, -0.25) is 9.48 Å². The lowest BCUT2D eigenvalue weighted by molar-refractivity contribution is -0.123. The first-order valence-corrected chi connectivity index (χ1v) is 14.6. The van der Waals surface area contributed by atoms with E-state index < -0.39 is 0 Å². The summed E-state index contributed by atoms with van der Waals surface area (Å²) >= 11 is 0. The summed E-state index contributed by atoms with van der Waals surface area (Å²) in [5.74, 6) is 1.97. The second-order valence-corrected chi connectivity index (χ2v) is 11.2. The summed E-state index contributed by atoms with van der Waals surface area (Å²) in [4.78, 5) is 16.1. The number of amides is 1. The highest BCUT2D eigenvalue weighted by molar-refractivity contribution is 5.95. The van der Waals surface area contributed by atoms with Crippen LogP contribution in [-0.4, -0.2) is 29.3 Å². The van der Waals surface area contributed by atoms with Gasteiger partial charge in [0.1, 0.15) is 11.8 Å². The quantitative estimate of drug-likeness (QED) is 0.309. The Morgan fingerprint density at radius 2 is 1.85 bits per heavy atom. The molecule has 3 aromatic rings. The van der Waals surface area contributed by atoms with Crippen molar-refractivity contribution in [3.8, 4) is 22.9 Å². The maximum absolute atomic E-state index is 14.0. The molecule has 2 fully saturated rings. The van der Waals surface area contributed by atoms with Gasteiger partial charge in [0.15, 0.2) is 0 Å². The molecule has 0 bridgehead atoms. The van der Waals surface area contributed by atoms with Crippen molar-refractivity contribution in [1.82, 2.24) is 9.78 Å². The van der Waals surface area contributed by atoms with Crippen LogP contribution in [0.15, 0.2) is 54.9 Å². The van der Waals surface area contributed by atoms with E-state index in [4.69, 9.17) is 4.74 Å². The molecule has 0 spiro atoms. The molecule has 0 saturated heterocycles. The molecule has 2 aromatic carbocycles. The maximum Gasteiger partial charge on any atom is 0.230 e. The van der Waals surface area contributed by atoms with Gasteiger partial charge >= 0.3 is 0 Å². The Balaban J connectivity index is 1.33. The van der Waals surface area contributed by atoms with Crippen molar-refractivity contribution in [2.75, 3.05) is 18.6 Å². The van der Waals surface area contributed by atoms with Crippen LogP contribution in [0.3, 0.4) is 0 Å². The predicted molar refractivity (Wildman–Crippen MR) is 155 cm³/mol. The lowest BCUT2D eigenvalue weighted by atomic mass is 9.78. The van der Waals surface area contributed by atoms with E-state index in [1.54, 1.807) is 7.11 Å². The van der Waals surface area contributed by atoms with Crippen LogP contribution in [0.1, 0.15) is 81.8 Å². The lowest BCUT2D eigenvalue weighted by Gasteiger charge is -2.35. The number of hydrogen-bond donors (Lipinski definition) is 0. The minimum absolute atomic E-state index is 0.130. The molecule has 6 heteroatoms. The van der Waals surface area contributed by atoms with E-state index in [1.165, 1.54) is 12.0 Å². The van der Waals surface area contributed by atoms with Gasteiger partial charge in [-0.25, -0.2) is 0 Å². The topological polar surface area (TPSA) is 71.2 Å². The fourth-order valence-electron chi connectivity index (χ4n) is 6.43. The molecule has 2 aliphatic rings. The molecule has 5 rings (SSSR count). The van der Waals surface area contributed by atoms with E-state index in [0.29, 0.717) is 29.1 Å². The summed E-state index contributed by atoms with van der Waals surface area (Å²) in [6, 6.07) is 16.7. The molecular formula is C33H40N4O2. The van der Waals surface area contributed by atoms with Gasteiger partial charge in [-0.05, 0) is 92.7 Å². The lowest BCUT2D eigenvalue weighted by Crippen LogP contribution is -2.41. The number of carbonyl (C=O) groups is 1. The highest BCUT2D eigenvalue weighted by atomic mass is 16.5. The molecule has 2 saturated carbocycles. The van der Waals surface area contributed by atoms with E-state index in [-0.39, 0.29) is 5.92 Å². The third-order valence-electron chi connectivity index (χ3n) is 8.77. The van der Waals surface area contributed by atoms with Gasteiger partial charge in [-0.1, -0.05) is 37.5 Å². The average molecular weight is 525 g/mol. The van der Waals surface area contributed by atoms with Crippen LogP contribution < -0.4 is 9.64 Å². The molecule has 2 aliphatic carbocycles. The number of nitriles is 1. The van der Waals surface area contributed by atoms with Crippen LogP contribution >= 0.6 is 0 Å². The van der Waals surface area contributed by atoms with Crippen LogP contribution in [0, 0.1) is 23.2 Å². The number of methoxy groups -OCH3 is 1. The predicted octanol–water partition coefficient (Wildman–Crippen LogP) is 7.34. The molecule has 0 radical (unpaired) electrons. The molecule has 1 amide bonds. The molecule has 1 heterocycles. The Morgan fingerprint density at radius 3 is 2.54 bits per heavy atom. The van der Waals surface area contributed by atoms with Crippen LogP contribution in [0.2, 0.25) is 0 Å². The van der Waals surface area contributed by atoms with Crippen LogP contribution in [0.25, 0.3) is 11.1 Å². The van der Waals surface area contributed by atoms with E-state index in [9.17, 15) is 10.1 Å². The van der Waals surface area contributed by atoms with E-state index in [0.717, 1.165) is 81.3 Å². The first-order valence-electron chi connectivity index (χ1n) is 14.6. The molecule has 0 aliphatic heterocycles. The summed E-state index contributed by atoms with van der Waals surface area (Å²) in [6.45, 7) is 3.69. The second-order valence-electron chi connectivity index (χ2n) is 11.2. The minimum Gasteiger partial charge on any atom is -0.495 e. The summed E-state index contributed by atoms with van der Waals surface area (Å²) in [7, 11) is 1.61. The van der Waals surface area contributed by atoms with Crippen molar-refractivity contribution in [3.63, 3.8) is 0 Å². The summed E-state index contributed by atoms with van der Waals surface area (Å²) in [6.07, 6.45) is 13.8. The second kappa shape index (κ2) is 12.5. The van der Waals surface area contributed by atoms with E-state index >= 15 is 0 Å². The van der Waals surface area contributed by atoms with Crippen molar-refractivity contribution >= 4 is 11.6 Å². The summed E-state index contributed by atoms with van der Waals surface area (Å²) < 4.78 is 7.27. The molecule has 6 nitrogen and oxygen atoms in total. The first-order chi connectivity index (χ1) is 19.1. The summed E-state index contributed by atoms with van der Waals surface area (Å²) in [5.41, 5.74) is 5.01. The molecule has 0 atom stereocenters. The third-order valence-corrected chi connectivity index (χ3v) is 8.77. The van der Waals surface area contributed by atoms with Crippen molar-refractivity contribution in [3.05, 3.63) is 66.0 Å². The number of ether oxygens (including phenoxy) is 1. The molecular weight excluding hydrogens is 484 g/mol. The number of anilines is 1. The first kappa shape index (κ1) is 27.0. The van der Waals surface area contributed by atoms with Gasteiger partial charge in [-0.2, -0.15) is 10.4 Å². The van der Waals surface area contributed by atoms with Gasteiger partial charge in [0.05, 0.1) is 18.9 Å². The molecule has 39 heavy (non-hydrogen) atoms. The number of carbonyl (C=O) groups excluding carboxylic acids is 1. The summed E-state index contributed by atoms with van der Waals surface area (Å²) in [5, 5.41) is 14.0. The number of nitrogens with zero attached hydrogens (tertiary/aromatic N) is 4. The van der Waals surface area contributed by atoms with Crippen molar-refractivity contribution in [2.45, 2.75) is 77.2 Å². The third kappa shape index (κ3) is 6.19. The van der Waals surface area contributed by atoms with Gasteiger partial charge in [0, 0.05) is 36.5 Å². The van der Waals surface area contributed by atoms with Gasteiger partial charge < -0.3 is 9.64 Å². The number of aryl methyl sites for hydroxylation is 1. The maximum atomic E-state index is 14.0. The molecule has 0 N–H and O–H groups in total. The van der Waals surface area contributed by atoms with Crippen molar-refractivity contribution in [2.24, 2.45) is 11.8 Å². The minimum atomic E-state index is 0.130. The number of benzene rings is 2. The van der Waals surface area contributed by atoms with Gasteiger partial charge in [0.25, 0.3) is 0 Å². The molecule has 0 unspecified atom stereocenters. The van der Waals surface area contributed by atoms with Crippen LogP contribution in [0.5, 0.6) is 5.75 Å². The highest BCUT2D eigenvalue weighted by Crippen LogP contribution is 2.39. The largest absolute Gasteiger partial charge is 0.495 e. The van der Waals surface area contributed by atoms with Gasteiger partial charge in [0.2, 0.25) is 5.91 Å². The number of aromatic nitrogens is 2. The van der Waals surface area contributed by atoms with E-state index in [1.807, 2.05) is 23.0 Å². The average Bonchev–Trinajstić information content (AvgIpc) is 3.50. The Morgan fingerprint density at radius 1 is 1.05 bits per heavy atom. The SMILES string of the molecule is CCn1cc(-c2cccc(N(CC3CCC(c4ccc(OC)c(C#N)c4)CC3)C(=O)C3CCCCC3)c2)cn1. The Bertz CT molecular complexity index is 1310. The fourth-order valence-corrected chi connectivity index (χ4v) is 6.43. The zero-order valence-electron chi connectivity index (χ0n) is 23.3. The zero-order valence-corrected chi connectivity index (χ0v) is 23.3. The Hall–Kier alpha value is -3.59. The smallest absolute Gasteiger partial charge is 0.230 e. The monoisotopic (exact) mass is 524 g/mol. The standard InChI is InChI=1S/C33H40N4O2/c1-3-36-23-30(21-35-36)27-10-7-11-31(19-27)37(33(38)26-8-5-4-6-9-26)22-24-12-14-25(15-13-24)28-16-17-32(39-2)29(18-28)20-34/h7,10-11,16-19,21,23-26H,3-6,8-9,12-15,22H2,1-2H3.